The maximum absolute atomic E-state index is 12.9. The molecule has 0 aliphatic carbocycles. The SMILES string of the molecule is CCOC(=O)Nc1cccc(NC(=O)NCCc2ccc(F)cc2)c1C. The summed E-state index contributed by atoms with van der Waals surface area (Å²) < 4.78 is 17.7. The van der Waals surface area contributed by atoms with E-state index in [0.717, 1.165) is 5.56 Å². The Bertz CT molecular complexity index is 763. The summed E-state index contributed by atoms with van der Waals surface area (Å²) in [6.45, 7) is 4.20. The number of urea groups is 1. The van der Waals surface area contributed by atoms with E-state index in [1.54, 1.807) is 44.2 Å². The second-order valence-electron chi connectivity index (χ2n) is 5.58. The van der Waals surface area contributed by atoms with Crippen molar-refractivity contribution in [2.24, 2.45) is 0 Å². The van der Waals surface area contributed by atoms with E-state index in [9.17, 15) is 14.0 Å². The molecule has 2 aromatic rings. The van der Waals surface area contributed by atoms with Crippen LogP contribution in [0.1, 0.15) is 18.1 Å². The van der Waals surface area contributed by atoms with Crippen molar-refractivity contribution in [1.82, 2.24) is 5.32 Å². The van der Waals surface area contributed by atoms with Crippen molar-refractivity contribution in [2.45, 2.75) is 20.3 Å². The monoisotopic (exact) mass is 359 g/mol. The van der Waals surface area contributed by atoms with E-state index in [2.05, 4.69) is 16.0 Å². The number of ether oxygens (including phenoxy) is 1. The lowest BCUT2D eigenvalue weighted by Crippen LogP contribution is -2.30. The van der Waals surface area contributed by atoms with Gasteiger partial charge in [-0.1, -0.05) is 18.2 Å². The number of rotatable bonds is 6. The smallest absolute Gasteiger partial charge is 0.411 e. The zero-order valence-corrected chi connectivity index (χ0v) is 14.8. The zero-order valence-electron chi connectivity index (χ0n) is 14.8. The number of carbonyl (C=O) groups excluding carboxylic acids is 2. The van der Waals surface area contributed by atoms with Crippen molar-refractivity contribution >= 4 is 23.5 Å². The van der Waals surface area contributed by atoms with Gasteiger partial charge >= 0.3 is 12.1 Å². The summed E-state index contributed by atoms with van der Waals surface area (Å²) in [7, 11) is 0. The Morgan fingerprint density at radius 2 is 1.69 bits per heavy atom. The fourth-order valence-corrected chi connectivity index (χ4v) is 2.32. The highest BCUT2D eigenvalue weighted by molar-refractivity contribution is 5.93. The molecular formula is C19H22FN3O3. The Morgan fingerprint density at radius 1 is 1.04 bits per heavy atom. The molecule has 138 valence electrons. The molecule has 3 N–H and O–H groups in total. The average Bonchev–Trinajstić information content (AvgIpc) is 2.60. The number of amides is 3. The lowest BCUT2D eigenvalue weighted by molar-refractivity contribution is 0.168. The minimum Gasteiger partial charge on any atom is -0.450 e. The van der Waals surface area contributed by atoms with Gasteiger partial charge in [0, 0.05) is 17.9 Å². The molecule has 0 heterocycles. The summed E-state index contributed by atoms with van der Waals surface area (Å²) in [4.78, 5) is 23.6. The van der Waals surface area contributed by atoms with Gasteiger partial charge in [0.2, 0.25) is 0 Å². The number of hydrogen-bond acceptors (Lipinski definition) is 3. The summed E-state index contributed by atoms with van der Waals surface area (Å²) in [5.74, 6) is -0.286. The molecule has 2 aromatic carbocycles. The summed E-state index contributed by atoms with van der Waals surface area (Å²) >= 11 is 0. The van der Waals surface area contributed by atoms with Crippen molar-refractivity contribution in [2.75, 3.05) is 23.8 Å². The molecule has 7 heteroatoms. The molecule has 0 unspecified atom stereocenters. The van der Waals surface area contributed by atoms with E-state index in [-0.39, 0.29) is 18.5 Å². The lowest BCUT2D eigenvalue weighted by atomic mass is 10.1. The third kappa shape index (κ3) is 5.77. The standard InChI is InChI=1S/C19H22FN3O3/c1-3-26-19(25)23-17-6-4-5-16(13(17)2)22-18(24)21-12-11-14-7-9-15(20)10-8-14/h4-10H,3,11-12H2,1-2H3,(H,23,25)(H2,21,22,24). The molecule has 0 saturated carbocycles. The van der Waals surface area contributed by atoms with Crippen LogP contribution in [0.25, 0.3) is 0 Å². The first-order valence-corrected chi connectivity index (χ1v) is 8.32. The first-order valence-electron chi connectivity index (χ1n) is 8.32. The summed E-state index contributed by atoms with van der Waals surface area (Å²) in [6.07, 6.45) is 0.0495. The molecule has 0 aliphatic heterocycles. The Kier molecular flexibility index (Phi) is 6.96. The average molecular weight is 359 g/mol. The molecular weight excluding hydrogens is 337 g/mol. The molecule has 0 spiro atoms. The zero-order chi connectivity index (χ0) is 18.9. The molecule has 0 aromatic heterocycles. The van der Waals surface area contributed by atoms with E-state index < -0.39 is 6.09 Å². The second kappa shape index (κ2) is 9.41. The first kappa shape index (κ1) is 19.2. The van der Waals surface area contributed by atoms with E-state index in [1.165, 1.54) is 12.1 Å². The number of benzene rings is 2. The number of anilines is 2. The van der Waals surface area contributed by atoms with Crippen LogP contribution in [0.3, 0.4) is 0 Å². The van der Waals surface area contributed by atoms with Crippen molar-refractivity contribution in [3.63, 3.8) is 0 Å². The van der Waals surface area contributed by atoms with Gasteiger partial charge in [-0.05, 0) is 55.7 Å². The van der Waals surface area contributed by atoms with Gasteiger partial charge in [0.25, 0.3) is 0 Å². The van der Waals surface area contributed by atoms with E-state index >= 15 is 0 Å². The molecule has 6 nitrogen and oxygen atoms in total. The minimum absolute atomic E-state index is 0.277. The van der Waals surface area contributed by atoms with Crippen molar-refractivity contribution in [3.8, 4) is 0 Å². The van der Waals surface area contributed by atoms with E-state index in [1.807, 2.05) is 0 Å². The second-order valence-corrected chi connectivity index (χ2v) is 5.58. The number of carbonyl (C=O) groups is 2. The van der Waals surface area contributed by atoms with Gasteiger partial charge in [0.1, 0.15) is 5.82 Å². The fraction of sp³-hybridized carbons (Fsp3) is 0.263. The van der Waals surface area contributed by atoms with Gasteiger partial charge in [0.15, 0.2) is 0 Å². The number of hydrogen-bond donors (Lipinski definition) is 3. The number of nitrogens with one attached hydrogen (secondary N) is 3. The first-order chi connectivity index (χ1) is 12.5. The summed E-state index contributed by atoms with van der Waals surface area (Å²) in [5, 5.41) is 8.13. The highest BCUT2D eigenvalue weighted by Crippen LogP contribution is 2.23. The van der Waals surface area contributed by atoms with E-state index in [0.29, 0.717) is 29.9 Å². The van der Waals surface area contributed by atoms with Crippen molar-refractivity contribution in [1.29, 1.82) is 0 Å². The largest absolute Gasteiger partial charge is 0.450 e. The van der Waals surface area contributed by atoms with Gasteiger partial charge < -0.3 is 15.4 Å². The predicted octanol–water partition coefficient (Wildman–Crippen LogP) is 4.07. The lowest BCUT2D eigenvalue weighted by Gasteiger charge is -2.14. The Balaban J connectivity index is 1.88. The van der Waals surface area contributed by atoms with Crippen LogP contribution in [0.15, 0.2) is 42.5 Å². The highest BCUT2D eigenvalue weighted by atomic mass is 19.1. The van der Waals surface area contributed by atoms with Gasteiger partial charge in [-0.2, -0.15) is 0 Å². The Labute approximate surface area is 151 Å². The topological polar surface area (TPSA) is 79.5 Å². The van der Waals surface area contributed by atoms with Gasteiger partial charge in [0.05, 0.1) is 6.61 Å². The Hall–Kier alpha value is -3.09. The molecule has 0 atom stereocenters. The van der Waals surface area contributed by atoms with Crippen LogP contribution in [0.5, 0.6) is 0 Å². The molecule has 0 aliphatic rings. The van der Waals surface area contributed by atoms with Crippen LogP contribution in [-0.4, -0.2) is 25.3 Å². The van der Waals surface area contributed by atoms with Crippen LogP contribution >= 0.6 is 0 Å². The van der Waals surface area contributed by atoms with Gasteiger partial charge in [-0.25, -0.2) is 14.0 Å². The molecule has 0 bridgehead atoms. The van der Waals surface area contributed by atoms with Crippen LogP contribution in [0.2, 0.25) is 0 Å². The fourth-order valence-electron chi connectivity index (χ4n) is 2.32. The predicted molar refractivity (Wildman–Crippen MR) is 98.9 cm³/mol. The molecule has 0 saturated heterocycles. The third-order valence-corrected chi connectivity index (χ3v) is 3.71. The van der Waals surface area contributed by atoms with Crippen LogP contribution in [0, 0.1) is 12.7 Å². The van der Waals surface area contributed by atoms with Crippen LogP contribution < -0.4 is 16.0 Å². The van der Waals surface area contributed by atoms with Crippen molar-refractivity contribution in [3.05, 3.63) is 59.4 Å². The van der Waals surface area contributed by atoms with Gasteiger partial charge in [-0.3, -0.25) is 5.32 Å². The summed E-state index contributed by atoms with van der Waals surface area (Å²) in [6, 6.07) is 11.0. The Morgan fingerprint density at radius 3 is 2.35 bits per heavy atom. The maximum Gasteiger partial charge on any atom is 0.411 e. The molecule has 0 fully saturated rings. The number of halogens is 1. The summed E-state index contributed by atoms with van der Waals surface area (Å²) in [5.41, 5.74) is 2.80. The highest BCUT2D eigenvalue weighted by Gasteiger charge is 2.10. The molecule has 2 rings (SSSR count). The van der Waals surface area contributed by atoms with Gasteiger partial charge in [-0.15, -0.1) is 0 Å². The molecule has 26 heavy (non-hydrogen) atoms. The minimum atomic E-state index is -0.545. The van der Waals surface area contributed by atoms with E-state index in [4.69, 9.17) is 4.74 Å². The third-order valence-electron chi connectivity index (χ3n) is 3.71. The normalized spacial score (nSPS) is 10.1. The maximum atomic E-state index is 12.9. The quantitative estimate of drug-likeness (QED) is 0.727. The van der Waals surface area contributed by atoms with Crippen LogP contribution in [0.4, 0.5) is 25.4 Å². The molecule has 3 amide bonds. The van der Waals surface area contributed by atoms with Crippen molar-refractivity contribution < 1.29 is 18.7 Å². The molecule has 0 radical (unpaired) electrons. The van der Waals surface area contributed by atoms with Crippen LogP contribution in [-0.2, 0) is 11.2 Å².